The summed E-state index contributed by atoms with van der Waals surface area (Å²) in [5, 5.41) is 1.48. The van der Waals surface area contributed by atoms with E-state index >= 15 is 0 Å². The van der Waals surface area contributed by atoms with Gasteiger partial charge >= 0.3 is 0 Å². The van der Waals surface area contributed by atoms with Crippen LogP contribution in [0, 0.1) is 5.92 Å². The lowest BCUT2D eigenvalue weighted by Crippen LogP contribution is -2.35. The Labute approximate surface area is 202 Å². The second-order valence-corrected chi connectivity index (χ2v) is 9.54. The zero-order chi connectivity index (χ0) is 22.2. The van der Waals surface area contributed by atoms with Crippen molar-refractivity contribution in [2.24, 2.45) is 5.92 Å². The van der Waals surface area contributed by atoms with Crippen LogP contribution in [0.1, 0.15) is 42.1 Å². The molecule has 0 aliphatic carbocycles. The van der Waals surface area contributed by atoms with Gasteiger partial charge in [-0.15, -0.1) is 0 Å². The van der Waals surface area contributed by atoms with Gasteiger partial charge in [0.25, 0.3) is 0 Å². The Kier molecular flexibility index (Phi) is 8.64. The molecule has 4 heteroatoms. The van der Waals surface area contributed by atoms with E-state index in [9.17, 15) is 0 Å². The molecule has 1 aliphatic rings. The average Bonchev–Trinajstić information content (AvgIpc) is 2.83. The molecule has 1 saturated heterocycles. The van der Waals surface area contributed by atoms with Crippen LogP contribution in [0.2, 0.25) is 10.0 Å². The summed E-state index contributed by atoms with van der Waals surface area (Å²) in [4.78, 5) is 2.61. The monoisotopic (exact) mass is 467 g/mol. The Morgan fingerprint density at radius 1 is 0.781 bits per heavy atom. The predicted octanol–water partition coefficient (Wildman–Crippen LogP) is 7.44. The summed E-state index contributed by atoms with van der Waals surface area (Å²) in [6.45, 7) is 4.29. The molecule has 168 valence electrons. The summed E-state index contributed by atoms with van der Waals surface area (Å²) in [7, 11) is 0. The number of ether oxygens (including phenoxy) is 1. The van der Waals surface area contributed by atoms with Crippen LogP contribution in [0.15, 0.2) is 78.9 Å². The fourth-order valence-electron chi connectivity index (χ4n) is 4.44. The van der Waals surface area contributed by atoms with Crippen LogP contribution in [-0.4, -0.2) is 31.1 Å². The summed E-state index contributed by atoms with van der Waals surface area (Å²) in [6, 6.07) is 26.7. The van der Waals surface area contributed by atoms with Gasteiger partial charge in [-0.1, -0.05) is 77.8 Å². The minimum absolute atomic E-state index is 0.101. The average molecular weight is 468 g/mol. The Hall–Kier alpha value is -1.84. The summed E-state index contributed by atoms with van der Waals surface area (Å²) >= 11 is 12.2. The predicted molar refractivity (Wildman–Crippen MR) is 135 cm³/mol. The van der Waals surface area contributed by atoms with Gasteiger partial charge in [0.05, 0.1) is 0 Å². The lowest BCUT2D eigenvalue weighted by molar-refractivity contribution is 0.0603. The van der Waals surface area contributed by atoms with Crippen molar-refractivity contribution < 1.29 is 4.74 Å². The SMILES string of the molecule is Clc1ccc(C(OCCC2CCN(CCc3ccccc3)CC2)c2ccc(Cl)cc2)cc1. The molecule has 1 aliphatic heterocycles. The largest absolute Gasteiger partial charge is 0.369 e. The van der Waals surface area contributed by atoms with Crippen molar-refractivity contribution in [3.63, 3.8) is 0 Å². The molecule has 0 unspecified atom stereocenters. The van der Waals surface area contributed by atoms with E-state index in [2.05, 4.69) is 35.2 Å². The van der Waals surface area contributed by atoms with E-state index in [0.29, 0.717) is 0 Å². The normalized spacial score (nSPS) is 15.3. The Morgan fingerprint density at radius 2 is 1.34 bits per heavy atom. The fourth-order valence-corrected chi connectivity index (χ4v) is 4.70. The third-order valence-electron chi connectivity index (χ3n) is 6.42. The topological polar surface area (TPSA) is 12.5 Å². The highest BCUT2D eigenvalue weighted by atomic mass is 35.5. The number of nitrogens with zero attached hydrogens (tertiary/aromatic N) is 1. The number of hydrogen-bond donors (Lipinski definition) is 0. The van der Waals surface area contributed by atoms with Gasteiger partial charge in [-0.3, -0.25) is 0 Å². The molecule has 32 heavy (non-hydrogen) atoms. The van der Waals surface area contributed by atoms with Crippen molar-refractivity contribution in [2.45, 2.75) is 31.8 Å². The third-order valence-corrected chi connectivity index (χ3v) is 6.93. The van der Waals surface area contributed by atoms with Gasteiger partial charge in [0.15, 0.2) is 0 Å². The van der Waals surface area contributed by atoms with Gasteiger partial charge in [-0.25, -0.2) is 0 Å². The molecule has 0 N–H and O–H groups in total. The maximum Gasteiger partial charge on any atom is 0.108 e. The number of piperidine rings is 1. The standard InChI is InChI=1S/C28H31Cl2NO/c29-26-10-6-24(7-11-26)28(25-8-12-27(30)13-9-25)32-21-17-23-15-19-31(20-16-23)18-14-22-4-2-1-3-5-22/h1-13,23,28H,14-21H2. The first kappa shape index (κ1) is 23.3. The molecule has 1 heterocycles. The number of halogens is 2. The number of rotatable bonds is 9. The van der Waals surface area contributed by atoms with Crippen LogP contribution in [0.4, 0.5) is 0 Å². The molecule has 1 fully saturated rings. The second-order valence-electron chi connectivity index (χ2n) is 8.66. The van der Waals surface area contributed by atoms with Crippen LogP contribution >= 0.6 is 23.2 Å². The first-order valence-corrected chi connectivity index (χ1v) is 12.3. The van der Waals surface area contributed by atoms with Gasteiger partial charge in [0.1, 0.15) is 6.10 Å². The molecule has 0 bridgehead atoms. The first-order chi connectivity index (χ1) is 15.7. The maximum absolute atomic E-state index is 6.43. The van der Waals surface area contributed by atoms with Gasteiger partial charge in [-0.2, -0.15) is 0 Å². The molecular weight excluding hydrogens is 437 g/mol. The van der Waals surface area contributed by atoms with Gasteiger partial charge in [-0.05, 0) is 85.6 Å². The van der Waals surface area contributed by atoms with Gasteiger partial charge < -0.3 is 9.64 Å². The minimum atomic E-state index is -0.101. The molecule has 4 rings (SSSR count). The molecule has 3 aromatic carbocycles. The lowest BCUT2D eigenvalue weighted by atomic mass is 9.93. The maximum atomic E-state index is 6.43. The lowest BCUT2D eigenvalue weighted by Gasteiger charge is -2.32. The molecule has 0 atom stereocenters. The van der Waals surface area contributed by atoms with Crippen molar-refractivity contribution in [2.75, 3.05) is 26.2 Å². The van der Waals surface area contributed by atoms with Crippen molar-refractivity contribution in [1.29, 1.82) is 0 Å². The van der Waals surface area contributed by atoms with E-state index in [-0.39, 0.29) is 6.10 Å². The quantitative estimate of drug-likeness (QED) is 0.324. The molecule has 2 nitrogen and oxygen atoms in total. The Morgan fingerprint density at radius 3 is 1.91 bits per heavy atom. The molecule has 0 aromatic heterocycles. The van der Waals surface area contributed by atoms with Crippen molar-refractivity contribution in [3.8, 4) is 0 Å². The highest BCUT2D eigenvalue weighted by Gasteiger charge is 2.20. The summed E-state index contributed by atoms with van der Waals surface area (Å²) in [5.41, 5.74) is 3.67. The minimum Gasteiger partial charge on any atom is -0.369 e. The fraction of sp³-hybridized carbons (Fsp3) is 0.357. The smallest absolute Gasteiger partial charge is 0.108 e. The second kappa shape index (κ2) is 11.9. The summed E-state index contributed by atoms with van der Waals surface area (Å²) < 4.78 is 6.43. The number of likely N-dealkylation sites (tertiary alicyclic amines) is 1. The van der Waals surface area contributed by atoms with Crippen LogP contribution in [-0.2, 0) is 11.2 Å². The van der Waals surface area contributed by atoms with Crippen LogP contribution < -0.4 is 0 Å². The van der Waals surface area contributed by atoms with E-state index in [0.717, 1.165) is 53.1 Å². The van der Waals surface area contributed by atoms with Crippen molar-refractivity contribution >= 4 is 23.2 Å². The zero-order valence-electron chi connectivity index (χ0n) is 18.4. The molecule has 0 radical (unpaired) electrons. The van der Waals surface area contributed by atoms with Crippen LogP contribution in [0.5, 0.6) is 0 Å². The molecule has 0 amide bonds. The Balaban J connectivity index is 1.26. The molecular formula is C28H31Cl2NO. The highest BCUT2D eigenvalue weighted by molar-refractivity contribution is 6.30. The first-order valence-electron chi connectivity index (χ1n) is 11.6. The van der Waals surface area contributed by atoms with E-state index < -0.39 is 0 Å². The number of benzene rings is 3. The van der Waals surface area contributed by atoms with Crippen molar-refractivity contribution in [1.82, 2.24) is 4.90 Å². The van der Waals surface area contributed by atoms with Crippen LogP contribution in [0.25, 0.3) is 0 Å². The van der Waals surface area contributed by atoms with Gasteiger partial charge in [0, 0.05) is 23.2 Å². The van der Waals surface area contributed by atoms with E-state index in [1.54, 1.807) is 0 Å². The number of hydrogen-bond acceptors (Lipinski definition) is 2. The third kappa shape index (κ3) is 6.83. The molecule has 3 aromatic rings. The van der Waals surface area contributed by atoms with E-state index in [4.69, 9.17) is 27.9 Å². The molecule has 0 spiro atoms. The van der Waals surface area contributed by atoms with Gasteiger partial charge in [0.2, 0.25) is 0 Å². The highest BCUT2D eigenvalue weighted by Crippen LogP contribution is 2.29. The zero-order valence-corrected chi connectivity index (χ0v) is 19.9. The van der Waals surface area contributed by atoms with Crippen molar-refractivity contribution in [3.05, 3.63) is 106 Å². The van der Waals surface area contributed by atoms with Crippen LogP contribution in [0.3, 0.4) is 0 Å². The Bertz CT molecular complexity index is 890. The summed E-state index contributed by atoms with van der Waals surface area (Å²) in [6.07, 6.45) is 4.65. The summed E-state index contributed by atoms with van der Waals surface area (Å²) in [5.74, 6) is 0.735. The van der Waals surface area contributed by atoms with E-state index in [1.165, 1.54) is 31.5 Å². The van der Waals surface area contributed by atoms with E-state index in [1.807, 2.05) is 48.5 Å². The molecule has 0 saturated carbocycles.